The second-order valence-electron chi connectivity index (χ2n) is 29.2. The van der Waals surface area contributed by atoms with Gasteiger partial charge < -0.3 is 33.8 Å². The molecule has 0 spiro atoms. The van der Waals surface area contributed by atoms with Crippen LogP contribution >= 0.6 is 15.6 Å². The van der Waals surface area contributed by atoms with Gasteiger partial charge in [0.25, 0.3) is 0 Å². The van der Waals surface area contributed by atoms with Crippen molar-refractivity contribution in [3.8, 4) is 0 Å². The van der Waals surface area contributed by atoms with E-state index in [-0.39, 0.29) is 25.7 Å². The van der Waals surface area contributed by atoms with Crippen molar-refractivity contribution < 1.29 is 80.2 Å². The molecule has 0 bridgehead atoms. The van der Waals surface area contributed by atoms with Gasteiger partial charge in [0.2, 0.25) is 0 Å². The summed E-state index contributed by atoms with van der Waals surface area (Å²) in [5, 5.41) is 10.6. The molecule has 0 aliphatic rings. The Hall–Kier alpha value is -2.46. The molecule has 590 valence electrons. The summed E-state index contributed by atoms with van der Waals surface area (Å²) in [6, 6.07) is 0. The second kappa shape index (κ2) is 72.1. The number of rotatable bonds is 78. The molecule has 100 heavy (non-hydrogen) atoms. The SMILES string of the molecule is CCCCCC/C=C\C=C/CCCCCCCC(=O)OC[C@H](COP(=O)(O)OC[C@@H](O)COP(=O)(O)OC[C@@H](COC(=O)CCCCCCCCCC(C)C)OC(=O)CCCCCCCCCCCCCCC)OC(=O)CCCCCCCCCCCCCCCCCCCCC(C)CC. The number of hydrogen-bond acceptors (Lipinski definition) is 15. The normalized spacial score (nSPS) is 14.3. The van der Waals surface area contributed by atoms with Crippen LogP contribution in [0.3, 0.4) is 0 Å². The van der Waals surface area contributed by atoms with E-state index in [0.29, 0.717) is 31.6 Å². The molecule has 3 N–H and O–H groups in total. The molecule has 0 saturated heterocycles. The van der Waals surface area contributed by atoms with E-state index in [4.69, 9.17) is 37.0 Å². The Kier molecular flexibility index (Phi) is 70.3. The number of phosphoric ester groups is 2. The average Bonchev–Trinajstić information content (AvgIpc) is 0.931. The number of ether oxygens (including phenoxy) is 4. The van der Waals surface area contributed by atoms with Crippen LogP contribution in [0.5, 0.6) is 0 Å². The third-order valence-electron chi connectivity index (χ3n) is 18.7. The molecule has 19 heteroatoms. The first-order valence-corrected chi connectivity index (χ1v) is 44.3. The van der Waals surface area contributed by atoms with E-state index in [9.17, 15) is 43.2 Å². The Labute approximate surface area is 612 Å². The second-order valence-corrected chi connectivity index (χ2v) is 32.1. The zero-order valence-electron chi connectivity index (χ0n) is 65.0. The topological polar surface area (TPSA) is 237 Å². The molecule has 0 aromatic heterocycles. The molecule has 0 fully saturated rings. The predicted octanol–water partition coefficient (Wildman–Crippen LogP) is 23.8. The van der Waals surface area contributed by atoms with Crippen molar-refractivity contribution in [2.24, 2.45) is 11.8 Å². The minimum atomic E-state index is -4.97. The zero-order valence-corrected chi connectivity index (χ0v) is 66.8. The lowest BCUT2D eigenvalue weighted by Gasteiger charge is -2.21. The van der Waals surface area contributed by atoms with Gasteiger partial charge in [0.05, 0.1) is 26.4 Å². The van der Waals surface area contributed by atoms with Crippen LogP contribution in [0.1, 0.15) is 401 Å². The fourth-order valence-electron chi connectivity index (χ4n) is 12.0. The number of unbranched alkanes of at least 4 members (excludes halogenated alkanes) is 44. The van der Waals surface area contributed by atoms with Gasteiger partial charge in [-0.05, 0) is 63.2 Å². The third kappa shape index (κ3) is 72.5. The highest BCUT2D eigenvalue weighted by Gasteiger charge is 2.30. The van der Waals surface area contributed by atoms with Crippen molar-refractivity contribution in [2.45, 2.75) is 419 Å². The highest BCUT2D eigenvalue weighted by molar-refractivity contribution is 7.47. The molecule has 0 aliphatic carbocycles. The quantitative estimate of drug-likeness (QED) is 0.0169. The number of phosphoric acid groups is 2. The van der Waals surface area contributed by atoms with Crippen LogP contribution in [0.25, 0.3) is 0 Å². The lowest BCUT2D eigenvalue weighted by Crippen LogP contribution is -2.30. The minimum absolute atomic E-state index is 0.101. The maximum atomic E-state index is 13.1. The summed E-state index contributed by atoms with van der Waals surface area (Å²) in [4.78, 5) is 72.9. The van der Waals surface area contributed by atoms with Gasteiger partial charge in [-0.15, -0.1) is 0 Å². The Morgan fingerprint density at radius 3 is 0.900 bits per heavy atom. The van der Waals surface area contributed by atoms with Crippen molar-refractivity contribution in [3.05, 3.63) is 24.3 Å². The molecule has 0 rings (SSSR count). The largest absolute Gasteiger partial charge is 0.472 e. The van der Waals surface area contributed by atoms with Gasteiger partial charge in [-0.1, -0.05) is 348 Å². The van der Waals surface area contributed by atoms with Crippen molar-refractivity contribution in [1.82, 2.24) is 0 Å². The number of aliphatic hydroxyl groups is 1. The zero-order chi connectivity index (χ0) is 73.5. The van der Waals surface area contributed by atoms with E-state index in [1.165, 1.54) is 193 Å². The van der Waals surface area contributed by atoms with Crippen LogP contribution in [-0.2, 0) is 65.4 Å². The summed E-state index contributed by atoms with van der Waals surface area (Å²) in [7, 11) is -9.93. The summed E-state index contributed by atoms with van der Waals surface area (Å²) in [6.07, 6.45) is 64.7. The van der Waals surface area contributed by atoms with Gasteiger partial charge >= 0.3 is 39.5 Å². The first-order chi connectivity index (χ1) is 48.4. The Morgan fingerprint density at radius 2 is 0.590 bits per heavy atom. The summed E-state index contributed by atoms with van der Waals surface area (Å²) in [6.45, 7) is 9.57. The van der Waals surface area contributed by atoms with Crippen LogP contribution in [0.4, 0.5) is 0 Å². The number of allylic oxidation sites excluding steroid dienone is 4. The summed E-state index contributed by atoms with van der Waals surface area (Å²) in [5.41, 5.74) is 0. The van der Waals surface area contributed by atoms with Crippen LogP contribution in [-0.4, -0.2) is 96.7 Å². The van der Waals surface area contributed by atoms with E-state index in [2.05, 4.69) is 65.8 Å². The van der Waals surface area contributed by atoms with E-state index in [0.717, 1.165) is 121 Å². The van der Waals surface area contributed by atoms with E-state index >= 15 is 0 Å². The first-order valence-electron chi connectivity index (χ1n) is 41.3. The summed E-state index contributed by atoms with van der Waals surface area (Å²) in [5.74, 6) is -0.567. The molecular formula is C81H154O17P2. The molecule has 0 radical (unpaired) electrons. The van der Waals surface area contributed by atoms with E-state index < -0.39 is 97.5 Å². The number of carbonyl (C=O) groups is 4. The standard InChI is InChI=1S/C81H154O17P2/c1-7-10-12-14-16-18-20-22-27-32-35-39-45-51-57-63-78(83)91-69-76(97-81(86)66-60-54-47-41-37-33-29-26-24-23-25-28-31-34-38-44-50-56-62-74(6)9-3)71-95-99(87,88)93-67-75(82)68-94-100(89,90)96-72-77(70-92-79(84)64-58-52-48-42-43-49-55-61-73(4)5)98-80(85)65-59-53-46-40-36-30-21-19-17-15-13-11-8-2/h18,20,22,27,73-77,82H,7-17,19,21,23-26,28-72H2,1-6H3,(H,87,88)(H,89,90)/b20-18-,27-22-/t74?,75-,76-,77-/m1/s1. The number of hydrogen-bond donors (Lipinski definition) is 3. The van der Waals surface area contributed by atoms with Crippen LogP contribution in [0.2, 0.25) is 0 Å². The Balaban J connectivity index is 5.24. The van der Waals surface area contributed by atoms with Crippen molar-refractivity contribution in [2.75, 3.05) is 39.6 Å². The lowest BCUT2D eigenvalue weighted by molar-refractivity contribution is -0.161. The molecule has 0 aromatic rings. The van der Waals surface area contributed by atoms with Crippen LogP contribution in [0.15, 0.2) is 24.3 Å². The smallest absolute Gasteiger partial charge is 0.462 e. The average molecular weight is 1460 g/mol. The Bertz CT molecular complexity index is 2020. The minimum Gasteiger partial charge on any atom is -0.462 e. The fraction of sp³-hybridized carbons (Fsp3) is 0.901. The summed E-state index contributed by atoms with van der Waals surface area (Å²) < 4.78 is 68.6. The summed E-state index contributed by atoms with van der Waals surface area (Å²) >= 11 is 0. The van der Waals surface area contributed by atoms with Crippen molar-refractivity contribution >= 4 is 39.5 Å². The maximum absolute atomic E-state index is 13.1. The third-order valence-corrected chi connectivity index (χ3v) is 20.6. The highest BCUT2D eigenvalue weighted by atomic mass is 31.2. The molecule has 3 unspecified atom stereocenters. The molecular weight excluding hydrogens is 1310 g/mol. The Morgan fingerprint density at radius 1 is 0.330 bits per heavy atom. The van der Waals surface area contributed by atoms with Crippen molar-refractivity contribution in [3.63, 3.8) is 0 Å². The maximum Gasteiger partial charge on any atom is 0.472 e. The van der Waals surface area contributed by atoms with Gasteiger partial charge in [-0.25, -0.2) is 9.13 Å². The number of aliphatic hydroxyl groups excluding tert-OH is 1. The molecule has 0 aliphatic heterocycles. The molecule has 0 saturated carbocycles. The van der Waals surface area contributed by atoms with Crippen LogP contribution < -0.4 is 0 Å². The monoisotopic (exact) mass is 1460 g/mol. The van der Waals surface area contributed by atoms with E-state index in [1.807, 2.05) is 0 Å². The molecule has 6 atom stereocenters. The molecule has 17 nitrogen and oxygen atoms in total. The van der Waals surface area contributed by atoms with Gasteiger partial charge in [-0.2, -0.15) is 0 Å². The van der Waals surface area contributed by atoms with Gasteiger partial charge in [0.1, 0.15) is 19.3 Å². The van der Waals surface area contributed by atoms with Gasteiger partial charge in [-0.3, -0.25) is 37.3 Å². The first kappa shape index (κ1) is 97.5. The molecule has 0 aromatic carbocycles. The van der Waals surface area contributed by atoms with E-state index in [1.54, 1.807) is 0 Å². The van der Waals surface area contributed by atoms with Crippen molar-refractivity contribution in [1.29, 1.82) is 0 Å². The van der Waals surface area contributed by atoms with Gasteiger partial charge in [0.15, 0.2) is 12.2 Å². The predicted molar refractivity (Wildman–Crippen MR) is 409 cm³/mol. The van der Waals surface area contributed by atoms with Crippen LogP contribution in [0, 0.1) is 11.8 Å². The molecule has 0 amide bonds. The lowest BCUT2D eigenvalue weighted by atomic mass is 9.99. The number of esters is 4. The number of carbonyl (C=O) groups excluding carboxylic acids is 4. The molecule has 0 heterocycles. The highest BCUT2D eigenvalue weighted by Crippen LogP contribution is 2.45. The van der Waals surface area contributed by atoms with Gasteiger partial charge in [0, 0.05) is 25.7 Å². The fourth-order valence-corrected chi connectivity index (χ4v) is 13.5.